The van der Waals surface area contributed by atoms with Gasteiger partial charge in [-0.1, -0.05) is 41.4 Å². The van der Waals surface area contributed by atoms with Gasteiger partial charge in [0.2, 0.25) is 0 Å². The highest BCUT2D eigenvalue weighted by molar-refractivity contribution is 6.33. The molecule has 0 spiro atoms. The largest absolute Gasteiger partial charge is 0.256 e. The molecule has 0 atom stereocenters. The van der Waals surface area contributed by atoms with Gasteiger partial charge in [0.15, 0.2) is 5.65 Å². The topological polar surface area (TPSA) is 43.1 Å². The fourth-order valence-corrected chi connectivity index (χ4v) is 2.96. The summed E-state index contributed by atoms with van der Waals surface area (Å²) in [5.41, 5.74) is 4.20. The predicted molar refractivity (Wildman–Crippen MR) is 91.7 cm³/mol. The number of hydrogen-bond donors (Lipinski definition) is 0. The number of benzene rings is 1. The van der Waals surface area contributed by atoms with E-state index in [1.54, 1.807) is 16.8 Å². The molecule has 112 valence electrons. The minimum Gasteiger partial charge on any atom is -0.256 e. The van der Waals surface area contributed by atoms with Gasteiger partial charge in [-0.3, -0.25) is 4.98 Å². The lowest BCUT2D eigenvalue weighted by molar-refractivity contribution is 0.962. The third-order valence-electron chi connectivity index (χ3n) is 3.56. The summed E-state index contributed by atoms with van der Waals surface area (Å²) in [7, 11) is 0. The second kappa shape index (κ2) is 5.65. The molecule has 0 N–H and O–H groups in total. The van der Waals surface area contributed by atoms with E-state index in [1.165, 1.54) is 6.33 Å². The van der Waals surface area contributed by atoms with Gasteiger partial charge in [0.25, 0.3) is 0 Å². The maximum absolute atomic E-state index is 6.45. The van der Waals surface area contributed by atoms with Gasteiger partial charge in [-0.15, -0.1) is 0 Å². The molecule has 0 aliphatic carbocycles. The summed E-state index contributed by atoms with van der Waals surface area (Å²) >= 11 is 12.6. The van der Waals surface area contributed by atoms with Crippen LogP contribution < -0.4 is 0 Å². The Morgan fingerprint density at radius 1 is 0.913 bits per heavy atom. The van der Waals surface area contributed by atoms with E-state index in [2.05, 4.69) is 15.1 Å². The van der Waals surface area contributed by atoms with Gasteiger partial charge in [-0.25, -0.2) is 9.50 Å². The van der Waals surface area contributed by atoms with Gasteiger partial charge >= 0.3 is 0 Å². The Labute approximate surface area is 142 Å². The number of pyridine rings is 2. The molecule has 4 nitrogen and oxygen atoms in total. The summed E-state index contributed by atoms with van der Waals surface area (Å²) in [5, 5.41) is 5.43. The first-order valence-corrected chi connectivity index (χ1v) is 7.68. The van der Waals surface area contributed by atoms with E-state index in [4.69, 9.17) is 23.2 Å². The van der Waals surface area contributed by atoms with Crippen LogP contribution in [0.25, 0.3) is 28.0 Å². The molecule has 23 heavy (non-hydrogen) atoms. The van der Waals surface area contributed by atoms with Crippen molar-refractivity contribution in [1.29, 1.82) is 0 Å². The van der Waals surface area contributed by atoms with Crippen molar-refractivity contribution >= 4 is 28.8 Å². The van der Waals surface area contributed by atoms with Crippen LogP contribution in [-0.2, 0) is 0 Å². The van der Waals surface area contributed by atoms with Crippen LogP contribution in [0, 0.1) is 0 Å². The first-order chi connectivity index (χ1) is 11.2. The van der Waals surface area contributed by atoms with Crippen molar-refractivity contribution in [3.05, 3.63) is 71.2 Å². The number of hydrogen-bond acceptors (Lipinski definition) is 3. The molecule has 0 saturated carbocycles. The van der Waals surface area contributed by atoms with Gasteiger partial charge < -0.3 is 0 Å². The zero-order chi connectivity index (χ0) is 15.8. The Morgan fingerprint density at radius 3 is 2.70 bits per heavy atom. The molecule has 3 heterocycles. The normalized spacial score (nSPS) is 11.0. The molecule has 0 unspecified atom stereocenters. The maximum atomic E-state index is 6.45. The summed E-state index contributed by atoms with van der Waals surface area (Å²) < 4.78 is 1.69. The quantitative estimate of drug-likeness (QED) is 0.528. The van der Waals surface area contributed by atoms with E-state index in [9.17, 15) is 0 Å². The van der Waals surface area contributed by atoms with Crippen molar-refractivity contribution in [2.75, 3.05) is 0 Å². The Bertz CT molecular complexity index is 1010. The highest BCUT2D eigenvalue weighted by Crippen LogP contribution is 2.35. The molecule has 4 aromatic rings. The molecule has 0 bridgehead atoms. The van der Waals surface area contributed by atoms with Crippen LogP contribution in [-0.4, -0.2) is 19.6 Å². The Kier molecular flexibility index (Phi) is 3.48. The SMILES string of the molecule is Clc1cccc(-c2ncccc2-c2cn3ncnc3cc2Cl)c1. The smallest absolute Gasteiger partial charge is 0.156 e. The third-order valence-corrected chi connectivity index (χ3v) is 4.11. The number of nitrogens with zero attached hydrogens (tertiary/aromatic N) is 4. The molecule has 0 fully saturated rings. The van der Waals surface area contributed by atoms with Gasteiger partial charge in [0, 0.05) is 40.2 Å². The highest BCUT2D eigenvalue weighted by Gasteiger charge is 2.13. The van der Waals surface area contributed by atoms with Crippen molar-refractivity contribution < 1.29 is 0 Å². The molecule has 1 aromatic carbocycles. The molecule has 4 rings (SSSR count). The van der Waals surface area contributed by atoms with E-state index in [-0.39, 0.29) is 0 Å². The Hall–Kier alpha value is -2.43. The summed E-state index contributed by atoms with van der Waals surface area (Å²) in [6.45, 7) is 0. The fourth-order valence-electron chi connectivity index (χ4n) is 2.52. The van der Waals surface area contributed by atoms with E-state index >= 15 is 0 Å². The van der Waals surface area contributed by atoms with Crippen LogP contribution in [0.5, 0.6) is 0 Å². The van der Waals surface area contributed by atoms with Crippen LogP contribution in [0.1, 0.15) is 0 Å². The number of halogens is 2. The molecular formula is C17H10Cl2N4. The zero-order valence-corrected chi connectivity index (χ0v) is 13.3. The predicted octanol–water partition coefficient (Wildman–Crippen LogP) is 4.77. The van der Waals surface area contributed by atoms with E-state index in [0.717, 1.165) is 22.4 Å². The molecule has 0 aliphatic rings. The fraction of sp³-hybridized carbons (Fsp3) is 0. The zero-order valence-electron chi connectivity index (χ0n) is 11.8. The summed E-state index contributed by atoms with van der Waals surface area (Å²) in [4.78, 5) is 8.65. The molecule has 3 aromatic heterocycles. The van der Waals surface area contributed by atoms with Crippen LogP contribution in [0.2, 0.25) is 10.0 Å². The van der Waals surface area contributed by atoms with Crippen LogP contribution >= 0.6 is 23.2 Å². The average Bonchev–Trinajstić information content (AvgIpc) is 3.01. The highest BCUT2D eigenvalue weighted by atomic mass is 35.5. The molecule has 0 amide bonds. The van der Waals surface area contributed by atoms with Gasteiger partial charge in [-0.05, 0) is 18.2 Å². The number of aromatic nitrogens is 4. The number of fused-ring (bicyclic) bond motifs is 1. The molecule has 0 saturated heterocycles. The third kappa shape index (κ3) is 2.56. The lowest BCUT2D eigenvalue weighted by Gasteiger charge is -2.11. The summed E-state index contributed by atoms with van der Waals surface area (Å²) in [5.74, 6) is 0. The molecule has 0 radical (unpaired) electrons. The van der Waals surface area contributed by atoms with Crippen LogP contribution in [0.15, 0.2) is 61.2 Å². The van der Waals surface area contributed by atoms with Crippen molar-refractivity contribution in [3.63, 3.8) is 0 Å². The standard InChI is InChI=1S/C17H10Cl2N4/c18-12-4-1-3-11(7-12)17-13(5-2-6-20-17)14-9-23-16(8-15(14)19)21-10-22-23/h1-10H. The van der Waals surface area contributed by atoms with E-state index in [0.29, 0.717) is 15.7 Å². The minimum atomic E-state index is 0.599. The van der Waals surface area contributed by atoms with Crippen molar-refractivity contribution in [2.45, 2.75) is 0 Å². The maximum Gasteiger partial charge on any atom is 0.156 e. The summed E-state index contributed by atoms with van der Waals surface area (Å²) in [6.07, 6.45) is 5.11. The first kappa shape index (κ1) is 14.2. The van der Waals surface area contributed by atoms with Gasteiger partial charge in [0.1, 0.15) is 6.33 Å². The second-order valence-corrected chi connectivity index (χ2v) is 5.85. The first-order valence-electron chi connectivity index (χ1n) is 6.92. The van der Waals surface area contributed by atoms with Crippen molar-refractivity contribution in [2.24, 2.45) is 0 Å². The van der Waals surface area contributed by atoms with E-state index < -0.39 is 0 Å². The molecular weight excluding hydrogens is 331 g/mol. The Balaban J connectivity index is 1.96. The van der Waals surface area contributed by atoms with Crippen molar-refractivity contribution in [1.82, 2.24) is 19.6 Å². The molecule has 6 heteroatoms. The van der Waals surface area contributed by atoms with E-state index in [1.807, 2.05) is 42.6 Å². The van der Waals surface area contributed by atoms with Gasteiger partial charge in [-0.2, -0.15) is 5.10 Å². The van der Waals surface area contributed by atoms with Crippen LogP contribution in [0.3, 0.4) is 0 Å². The van der Waals surface area contributed by atoms with Crippen molar-refractivity contribution in [3.8, 4) is 22.4 Å². The summed E-state index contributed by atoms with van der Waals surface area (Å²) in [6, 6.07) is 13.2. The lowest BCUT2D eigenvalue weighted by Crippen LogP contribution is -1.94. The minimum absolute atomic E-state index is 0.599. The molecule has 0 aliphatic heterocycles. The second-order valence-electron chi connectivity index (χ2n) is 5.01. The van der Waals surface area contributed by atoms with Gasteiger partial charge in [0.05, 0.1) is 10.7 Å². The monoisotopic (exact) mass is 340 g/mol. The number of rotatable bonds is 2. The van der Waals surface area contributed by atoms with Crippen LogP contribution in [0.4, 0.5) is 0 Å². The lowest BCUT2D eigenvalue weighted by atomic mass is 10.0. The Morgan fingerprint density at radius 2 is 1.83 bits per heavy atom. The average molecular weight is 341 g/mol.